The second-order valence-electron chi connectivity index (χ2n) is 5.51. The molecule has 1 unspecified atom stereocenters. The van der Waals surface area contributed by atoms with Crippen LogP contribution in [-0.4, -0.2) is 8.42 Å². The van der Waals surface area contributed by atoms with Crippen molar-refractivity contribution in [1.82, 2.24) is 4.72 Å². The lowest BCUT2D eigenvalue weighted by atomic mass is 9.98. The first-order chi connectivity index (χ1) is 9.63. The molecule has 0 spiro atoms. The van der Waals surface area contributed by atoms with Gasteiger partial charge in [-0.1, -0.05) is 51.1 Å². The normalized spacial score (nSPS) is 14.1. The largest absolute Gasteiger partial charge is 0.279 e. The predicted octanol–water partition coefficient (Wildman–Crippen LogP) is 4.36. The van der Waals surface area contributed by atoms with Gasteiger partial charge in [-0.15, -0.1) is 0 Å². The van der Waals surface area contributed by atoms with Gasteiger partial charge in [0.2, 0.25) is 0 Å². The molecule has 0 aliphatic heterocycles. The van der Waals surface area contributed by atoms with Crippen molar-refractivity contribution >= 4 is 26.0 Å². The molecule has 0 aliphatic rings. The van der Waals surface area contributed by atoms with E-state index in [2.05, 4.69) is 48.0 Å². The van der Waals surface area contributed by atoms with E-state index in [9.17, 15) is 8.42 Å². The van der Waals surface area contributed by atoms with Crippen LogP contribution in [0.3, 0.4) is 0 Å². The Morgan fingerprint density at radius 2 is 1.76 bits per heavy atom. The number of aryl methyl sites for hydroxylation is 1. The molecule has 0 bridgehead atoms. The molecule has 1 rings (SSSR count). The minimum absolute atomic E-state index is 0.228. The van der Waals surface area contributed by atoms with Crippen molar-refractivity contribution in [2.24, 2.45) is 11.8 Å². The fourth-order valence-corrected chi connectivity index (χ4v) is 3.21. The summed E-state index contributed by atoms with van der Waals surface area (Å²) in [4.78, 5) is 0.228. The van der Waals surface area contributed by atoms with Gasteiger partial charge in [-0.05, 0) is 46.8 Å². The summed E-state index contributed by atoms with van der Waals surface area (Å²) in [5.41, 5.74) is 1.35. The van der Waals surface area contributed by atoms with Crippen molar-refractivity contribution in [2.75, 3.05) is 0 Å². The summed E-state index contributed by atoms with van der Waals surface area (Å²) in [7, 11) is -3.60. The number of halogens is 1. The lowest BCUT2D eigenvalue weighted by Crippen LogP contribution is -2.23. The molecule has 0 radical (unpaired) electrons. The SMILES string of the molecule is C=C(NS(=O)(=O)c1ccc(C)cc1)/C(Br)=C\C(C)C(C)C. The Kier molecular flexibility index (Phi) is 6.23. The van der Waals surface area contributed by atoms with Gasteiger partial charge in [0.05, 0.1) is 10.6 Å². The molecule has 0 fully saturated rings. The fourth-order valence-electron chi connectivity index (χ4n) is 1.51. The number of hydrogen-bond donors (Lipinski definition) is 1. The van der Waals surface area contributed by atoms with Gasteiger partial charge in [0.15, 0.2) is 0 Å². The zero-order chi connectivity index (χ0) is 16.2. The Bertz CT molecular complexity index is 631. The molecular formula is C16H22BrNO2S. The number of hydrogen-bond acceptors (Lipinski definition) is 2. The molecule has 1 N–H and O–H groups in total. The minimum atomic E-state index is -3.60. The molecule has 0 saturated heterocycles. The number of rotatable bonds is 6. The summed E-state index contributed by atoms with van der Waals surface area (Å²) in [6, 6.07) is 6.70. The van der Waals surface area contributed by atoms with E-state index >= 15 is 0 Å². The molecule has 116 valence electrons. The quantitative estimate of drug-likeness (QED) is 0.755. The van der Waals surface area contributed by atoms with Crippen molar-refractivity contribution in [1.29, 1.82) is 0 Å². The molecule has 0 amide bonds. The summed E-state index contributed by atoms with van der Waals surface area (Å²) in [6.45, 7) is 12.0. The van der Waals surface area contributed by atoms with Crippen LogP contribution in [0.1, 0.15) is 26.3 Å². The Morgan fingerprint density at radius 3 is 2.24 bits per heavy atom. The summed E-state index contributed by atoms with van der Waals surface area (Å²) in [5.74, 6) is 0.791. The van der Waals surface area contributed by atoms with Crippen molar-refractivity contribution in [3.63, 3.8) is 0 Å². The summed E-state index contributed by atoms with van der Waals surface area (Å²) >= 11 is 3.38. The highest BCUT2D eigenvalue weighted by atomic mass is 79.9. The average molecular weight is 372 g/mol. The van der Waals surface area contributed by atoms with Crippen LogP contribution in [0.15, 0.2) is 52.0 Å². The van der Waals surface area contributed by atoms with Gasteiger partial charge in [0.1, 0.15) is 0 Å². The third-order valence-electron chi connectivity index (χ3n) is 3.34. The zero-order valence-electron chi connectivity index (χ0n) is 12.9. The van der Waals surface area contributed by atoms with E-state index in [1.165, 1.54) is 0 Å². The Hall–Kier alpha value is -1.07. The number of allylic oxidation sites excluding steroid dienone is 2. The van der Waals surface area contributed by atoms with Crippen LogP contribution in [0.2, 0.25) is 0 Å². The highest BCUT2D eigenvalue weighted by Crippen LogP contribution is 2.22. The van der Waals surface area contributed by atoms with Crippen LogP contribution in [0.4, 0.5) is 0 Å². The maximum atomic E-state index is 12.3. The van der Waals surface area contributed by atoms with Crippen molar-refractivity contribution in [3.05, 3.63) is 52.7 Å². The number of benzene rings is 1. The van der Waals surface area contributed by atoms with Crippen LogP contribution in [0.5, 0.6) is 0 Å². The van der Waals surface area contributed by atoms with E-state index in [4.69, 9.17) is 0 Å². The third kappa shape index (κ3) is 5.32. The standard InChI is InChI=1S/C16H22BrNO2S/c1-11(2)13(4)10-16(17)14(5)18-21(19,20)15-8-6-12(3)7-9-15/h6-11,13,18H,5H2,1-4H3/b16-10+. The lowest BCUT2D eigenvalue weighted by molar-refractivity contribution is 0.503. The van der Waals surface area contributed by atoms with Crippen molar-refractivity contribution < 1.29 is 8.42 Å². The predicted molar refractivity (Wildman–Crippen MR) is 91.7 cm³/mol. The zero-order valence-corrected chi connectivity index (χ0v) is 15.3. The van der Waals surface area contributed by atoms with Crippen LogP contribution >= 0.6 is 15.9 Å². The van der Waals surface area contributed by atoms with E-state index < -0.39 is 10.0 Å². The van der Waals surface area contributed by atoms with E-state index in [-0.39, 0.29) is 4.90 Å². The summed E-state index contributed by atoms with van der Waals surface area (Å²) < 4.78 is 27.7. The van der Waals surface area contributed by atoms with Crippen LogP contribution in [-0.2, 0) is 10.0 Å². The van der Waals surface area contributed by atoms with Crippen molar-refractivity contribution in [3.8, 4) is 0 Å². The molecule has 0 aliphatic carbocycles. The highest BCUT2D eigenvalue weighted by Gasteiger charge is 2.16. The molecule has 1 atom stereocenters. The first-order valence-corrected chi connectivity index (χ1v) is 9.07. The third-order valence-corrected chi connectivity index (χ3v) is 5.49. The first kappa shape index (κ1) is 18.0. The molecule has 5 heteroatoms. The van der Waals surface area contributed by atoms with Crippen molar-refractivity contribution in [2.45, 2.75) is 32.6 Å². The van der Waals surface area contributed by atoms with Gasteiger partial charge in [0.25, 0.3) is 10.0 Å². The maximum absolute atomic E-state index is 12.3. The Balaban J connectivity index is 2.89. The average Bonchev–Trinajstić information content (AvgIpc) is 2.38. The van der Waals surface area contributed by atoms with Gasteiger partial charge in [-0.2, -0.15) is 0 Å². The van der Waals surface area contributed by atoms with Gasteiger partial charge >= 0.3 is 0 Å². The van der Waals surface area contributed by atoms with Crippen LogP contribution in [0, 0.1) is 18.8 Å². The van der Waals surface area contributed by atoms with E-state index in [1.807, 2.05) is 13.0 Å². The minimum Gasteiger partial charge on any atom is -0.279 e. The van der Waals surface area contributed by atoms with E-state index in [1.54, 1.807) is 24.3 Å². The summed E-state index contributed by atoms with van der Waals surface area (Å²) in [5, 5.41) is 0. The molecular weight excluding hydrogens is 350 g/mol. The molecule has 0 heterocycles. The fraction of sp³-hybridized carbons (Fsp3) is 0.375. The molecule has 3 nitrogen and oxygen atoms in total. The first-order valence-electron chi connectivity index (χ1n) is 6.79. The topological polar surface area (TPSA) is 46.2 Å². The van der Waals surface area contributed by atoms with Crippen LogP contribution < -0.4 is 4.72 Å². The van der Waals surface area contributed by atoms with Gasteiger partial charge in [-0.3, -0.25) is 4.72 Å². The second-order valence-corrected chi connectivity index (χ2v) is 8.05. The lowest BCUT2D eigenvalue weighted by Gasteiger charge is -2.14. The van der Waals surface area contributed by atoms with Gasteiger partial charge in [-0.25, -0.2) is 8.42 Å². The smallest absolute Gasteiger partial charge is 0.261 e. The van der Waals surface area contributed by atoms with E-state index in [0.29, 0.717) is 22.0 Å². The number of sulfonamides is 1. The van der Waals surface area contributed by atoms with Crippen LogP contribution in [0.25, 0.3) is 0 Å². The monoisotopic (exact) mass is 371 g/mol. The highest BCUT2D eigenvalue weighted by molar-refractivity contribution is 9.12. The van der Waals surface area contributed by atoms with E-state index in [0.717, 1.165) is 5.56 Å². The summed E-state index contributed by atoms with van der Waals surface area (Å²) in [6.07, 6.45) is 1.96. The molecule has 21 heavy (non-hydrogen) atoms. The van der Waals surface area contributed by atoms with Gasteiger partial charge in [0, 0.05) is 4.48 Å². The second kappa shape index (κ2) is 7.27. The maximum Gasteiger partial charge on any atom is 0.261 e. The Labute approximate surface area is 136 Å². The van der Waals surface area contributed by atoms with Gasteiger partial charge < -0.3 is 0 Å². The molecule has 1 aromatic rings. The molecule has 1 aromatic carbocycles. The number of nitrogens with one attached hydrogen (secondary N) is 1. The Morgan fingerprint density at radius 1 is 1.24 bits per heavy atom. The molecule has 0 aromatic heterocycles. The molecule has 0 saturated carbocycles.